The Kier molecular flexibility index (Phi) is 8.02. The molecular formula is C29H32N4O3S. The van der Waals surface area contributed by atoms with Crippen molar-refractivity contribution in [2.75, 3.05) is 5.75 Å². The minimum atomic E-state index is -0.526. The molecule has 1 saturated heterocycles. The monoisotopic (exact) mass is 516 g/mol. The summed E-state index contributed by atoms with van der Waals surface area (Å²) in [6.07, 6.45) is 0.935. The minimum absolute atomic E-state index is 0.0161. The van der Waals surface area contributed by atoms with Crippen molar-refractivity contribution in [2.45, 2.75) is 43.7 Å². The summed E-state index contributed by atoms with van der Waals surface area (Å²) in [7, 11) is 1.94. The zero-order chi connectivity index (χ0) is 25.8. The highest BCUT2D eigenvalue weighted by atomic mass is 32.2. The summed E-state index contributed by atoms with van der Waals surface area (Å²) >= 11 is 1.63. The van der Waals surface area contributed by atoms with Crippen LogP contribution in [0, 0.1) is 5.92 Å². The molecule has 37 heavy (non-hydrogen) atoms. The number of aryl methyl sites for hydroxylation is 1. The summed E-state index contributed by atoms with van der Waals surface area (Å²) < 4.78 is 15.1. The third-order valence-corrected chi connectivity index (χ3v) is 7.95. The summed E-state index contributed by atoms with van der Waals surface area (Å²) in [5.74, 6) is 0.818. The Morgan fingerprint density at radius 2 is 1.70 bits per heavy atom. The van der Waals surface area contributed by atoms with Crippen LogP contribution >= 0.6 is 11.8 Å². The van der Waals surface area contributed by atoms with Crippen LogP contribution < -0.4 is 5.73 Å². The van der Waals surface area contributed by atoms with Gasteiger partial charge < -0.3 is 24.9 Å². The van der Waals surface area contributed by atoms with E-state index in [4.69, 9.17) is 15.2 Å². The van der Waals surface area contributed by atoms with Crippen molar-refractivity contribution in [3.05, 3.63) is 101 Å². The molecule has 0 bridgehead atoms. The molecule has 0 radical (unpaired) electrons. The molecule has 1 aromatic heterocycles. The van der Waals surface area contributed by atoms with E-state index in [1.807, 2.05) is 54.1 Å². The third-order valence-electron chi connectivity index (χ3n) is 6.82. The normalized spacial score (nSPS) is 21.7. The van der Waals surface area contributed by atoms with E-state index in [0.29, 0.717) is 6.54 Å². The van der Waals surface area contributed by atoms with Gasteiger partial charge in [-0.15, -0.1) is 10.2 Å². The predicted molar refractivity (Wildman–Crippen MR) is 144 cm³/mol. The number of rotatable bonds is 8. The zero-order valence-electron chi connectivity index (χ0n) is 21.0. The topological polar surface area (TPSA) is 95.4 Å². The molecule has 0 spiro atoms. The zero-order valence-corrected chi connectivity index (χ0v) is 21.8. The van der Waals surface area contributed by atoms with Crippen molar-refractivity contribution in [3.63, 3.8) is 0 Å². The van der Waals surface area contributed by atoms with Crippen LogP contribution in [0.2, 0.25) is 0 Å². The number of hydrogen-bond acceptors (Lipinski definition) is 7. The Morgan fingerprint density at radius 1 is 0.946 bits per heavy atom. The fourth-order valence-corrected chi connectivity index (χ4v) is 5.66. The first-order valence-corrected chi connectivity index (χ1v) is 13.4. The molecule has 4 aromatic rings. The summed E-state index contributed by atoms with van der Waals surface area (Å²) in [5.41, 5.74) is 12.1. The molecule has 1 aliphatic rings. The second-order valence-electron chi connectivity index (χ2n) is 9.39. The van der Waals surface area contributed by atoms with Crippen LogP contribution in [-0.4, -0.2) is 31.7 Å². The van der Waals surface area contributed by atoms with Crippen LogP contribution in [0.3, 0.4) is 0 Å². The summed E-state index contributed by atoms with van der Waals surface area (Å²) in [5, 5.41) is 18.5. The number of nitrogens with two attached hydrogens (primary N) is 1. The lowest BCUT2D eigenvalue weighted by Gasteiger charge is -2.41. The highest BCUT2D eigenvalue weighted by Gasteiger charge is 2.38. The van der Waals surface area contributed by atoms with E-state index in [0.717, 1.165) is 44.3 Å². The van der Waals surface area contributed by atoms with Gasteiger partial charge in [0.15, 0.2) is 11.4 Å². The van der Waals surface area contributed by atoms with Gasteiger partial charge in [-0.05, 0) is 39.9 Å². The van der Waals surface area contributed by atoms with Crippen molar-refractivity contribution >= 4 is 11.8 Å². The number of nitrogens with zero attached hydrogens (tertiary/aromatic N) is 3. The number of aliphatic hydroxyl groups excluding tert-OH is 1. The van der Waals surface area contributed by atoms with Crippen molar-refractivity contribution in [3.8, 4) is 11.1 Å². The number of aromatic nitrogens is 3. The number of aliphatic hydroxyl groups is 1. The fraction of sp³-hybridized carbons (Fsp3) is 0.310. The maximum absolute atomic E-state index is 9.49. The van der Waals surface area contributed by atoms with Gasteiger partial charge in [-0.25, -0.2) is 0 Å². The second-order valence-corrected chi connectivity index (χ2v) is 10.4. The van der Waals surface area contributed by atoms with Crippen molar-refractivity contribution in [2.24, 2.45) is 18.7 Å². The lowest BCUT2D eigenvalue weighted by Crippen LogP contribution is -2.38. The molecule has 1 aliphatic heterocycles. The molecule has 3 aromatic carbocycles. The molecule has 0 saturated carbocycles. The highest BCUT2D eigenvalue weighted by molar-refractivity contribution is 7.99. The van der Waals surface area contributed by atoms with Gasteiger partial charge in [-0.3, -0.25) is 0 Å². The van der Waals surface area contributed by atoms with Crippen molar-refractivity contribution < 1.29 is 14.6 Å². The molecule has 4 atom stereocenters. The molecule has 7 nitrogen and oxygen atoms in total. The Labute approximate surface area is 221 Å². The van der Waals surface area contributed by atoms with Crippen LogP contribution in [0.1, 0.15) is 41.6 Å². The van der Waals surface area contributed by atoms with Crippen molar-refractivity contribution in [1.82, 2.24) is 14.8 Å². The first-order valence-electron chi connectivity index (χ1n) is 12.4. The molecule has 5 rings (SSSR count). The number of hydrogen-bond donors (Lipinski definition) is 2. The van der Waals surface area contributed by atoms with Gasteiger partial charge in [-0.1, -0.05) is 79.3 Å². The van der Waals surface area contributed by atoms with Crippen molar-refractivity contribution in [1.29, 1.82) is 0 Å². The van der Waals surface area contributed by atoms with Crippen LogP contribution in [0.15, 0.2) is 84.3 Å². The van der Waals surface area contributed by atoms with Gasteiger partial charge in [0.1, 0.15) is 6.33 Å². The average Bonchev–Trinajstić information content (AvgIpc) is 3.37. The van der Waals surface area contributed by atoms with E-state index in [9.17, 15) is 5.11 Å². The summed E-state index contributed by atoms with van der Waals surface area (Å²) in [6, 6.07) is 24.6. The Morgan fingerprint density at radius 3 is 2.41 bits per heavy atom. The van der Waals surface area contributed by atoms with Crippen LogP contribution in [0.5, 0.6) is 0 Å². The standard InChI is InChI=1S/C29H32N4O3S/c1-19-26(17-37-29-32-31-18-33(29)2)35-28(36-27(19)22-11-9-20(16-34)10-12-22)25-8-4-7-24(14-25)23-6-3-5-21(13-23)15-30/h3-14,18-19,26-28,34H,15-17,30H2,1-2H3/t19-,26+,27+,28+/m0/s1. The molecule has 1 fully saturated rings. The maximum Gasteiger partial charge on any atom is 0.190 e. The predicted octanol–water partition coefficient (Wildman–Crippen LogP) is 5.02. The highest BCUT2D eigenvalue weighted by Crippen LogP contribution is 2.43. The Balaban J connectivity index is 1.44. The van der Waals surface area contributed by atoms with E-state index in [-0.39, 0.29) is 24.7 Å². The molecule has 3 N–H and O–H groups in total. The number of thioether (sulfide) groups is 1. The average molecular weight is 517 g/mol. The summed E-state index contributed by atoms with van der Waals surface area (Å²) in [4.78, 5) is 0. The van der Waals surface area contributed by atoms with Gasteiger partial charge in [0, 0.05) is 30.8 Å². The van der Waals surface area contributed by atoms with Crippen LogP contribution in [0.25, 0.3) is 11.1 Å². The lowest BCUT2D eigenvalue weighted by atomic mass is 9.91. The van der Waals surface area contributed by atoms with E-state index in [1.165, 1.54) is 0 Å². The maximum atomic E-state index is 9.49. The van der Waals surface area contributed by atoms with Crippen LogP contribution in [0.4, 0.5) is 0 Å². The first kappa shape index (κ1) is 25.6. The lowest BCUT2D eigenvalue weighted by molar-refractivity contribution is -0.268. The van der Waals surface area contributed by atoms with Gasteiger partial charge in [0.2, 0.25) is 0 Å². The Hall–Kier alpha value is -3.01. The fourth-order valence-electron chi connectivity index (χ4n) is 4.61. The molecule has 192 valence electrons. The number of ether oxygens (including phenoxy) is 2. The molecule has 0 amide bonds. The molecular weight excluding hydrogens is 484 g/mol. The SMILES string of the molecule is C[C@H]1[C@@H](CSc2nncn2C)O[C@@H](c2cccc(-c3cccc(CN)c3)c2)O[C@H]1c1ccc(CO)cc1. The van der Waals surface area contributed by atoms with E-state index >= 15 is 0 Å². The molecule has 8 heteroatoms. The van der Waals surface area contributed by atoms with E-state index < -0.39 is 6.29 Å². The minimum Gasteiger partial charge on any atom is -0.392 e. The van der Waals surface area contributed by atoms with Gasteiger partial charge >= 0.3 is 0 Å². The van der Waals surface area contributed by atoms with E-state index in [1.54, 1.807) is 18.1 Å². The Bertz CT molecular complexity index is 1330. The van der Waals surface area contributed by atoms with Crippen LogP contribution in [-0.2, 0) is 29.7 Å². The summed E-state index contributed by atoms with van der Waals surface area (Å²) in [6.45, 7) is 2.68. The second kappa shape index (κ2) is 11.6. The van der Waals surface area contributed by atoms with Gasteiger partial charge in [0.05, 0.1) is 18.8 Å². The third kappa shape index (κ3) is 5.79. The molecule has 0 aliphatic carbocycles. The quantitative estimate of drug-likeness (QED) is 0.318. The van der Waals surface area contributed by atoms with E-state index in [2.05, 4.69) is 47.5 Å². The van der Waals surface area contributed by atoms with Gasteiger partial charge in [0.25, 0.3) is 0 Å². The molecule has 0 unspecified atom stereocenters. The molecule has 2 heterocycles. The first-order chi connectivity index (χ1) is 18.1. The largest absolute Gasteiger partial charge is 0.392 e. The smallest absolute Gasteiger partial charge is 0.190 e. The van der Waals surface area contributed by atoms with Gasteiger partial charge in [-0.2, -0.15) is 0 Å². The number of benzene rings is 3.